The van der Waals surface area contributed by atoms with Crippen LogP contribution in [0.1, 0.15) is 39.5 Å². The largest absolute Gasteiger partial charge is 0.465 e. The van der Waals surface area contributed by atoms with Crippen molar-refractivity contribution in [3.63, 3.8) is 0 Å². The number of esters is 2. The van der Waals surface area contributed by atoms with Crippen molar-refractivity contribution in [3.05, 3.63) is 22.7 Å². The van der Waals surface area contributed by atoms with Gasteiger partial charge in [0, 0.05) is 19.2 Å². The second kappa shape index (κ2) is 16.1. The fourth-order valence-electron chi connectivity index (χ4n) is 2.70. The van der Waals surface area contributed by atoms with Crippen LogP contribution in [0.15, 0.2) is 22.7 Å². The van der Waals surface area contributed by atoms with Crippen LogP contribution < -0.4 is 9.64 Å². The van der Waals surface area contributed by atoms with E-state index in [1.165, 1.54) is 0 Å². The van der Waals surface area contributed by atoms with Crippen molar-refractivity contribution >= 4 is 41.6 Å². The van der Waals surface area contributed by atoms with E-state index in [4.69, 9.17) is 18.9 Å². The number of ether oxygens (including phenoxy) is 4. The van der Waals surface area contributed by atoms with Crippen molar-refractivity contribution in [3.8, 4) is 5.75 Å². The van der Waals surface area contributed by atoms with Crippen molar-refractivity contribution in [2.24, 2.45) is 0 Å². The number of carbonyl (C=O) groups is 2. The number of nitrogens with zero attached hydrogens (tertiary/aromatic N) is 1. The summed E-state index contributed by atoms with van der Waals surface area (Å²) in [5, 5.41) is 0. The second-order valence-electron chi connectivity index (χ2n) is 9.10. The fourth-order valence-corrected chi connectivity index (χ4v) is 3.79. The Bertz CT molecular complexity index is 701. The van der Waals surface area contributed by atoms with Crippen LogP contribution in [-0.2, 0) is 23.8 Å². The first-order chi connectivity index (χ1) is 15.7. The first kappa shape index (κ1) is 29.4. The molecule has 1 rings (SSSR count). The molecule has 0 spiro atoms. The van der Waals surface area contributed by atoms with Crippen molar-refractivity contribution in [1.82, 2.24) is 0 Å². The second-order valence-corrected chi connectivity index (χ2v) is 15.6. The van der Waals surface area contributed by atoms with E-state index in [1.54, 1.807) is 17.0 Å². The summed E-state index contributed by atoms with van der Waals surface area (Å²) >= 11 is 3.46. The van der Waals surface area contributed by atoms with Gasteiger partial charge in [-0.3, -0.25) is 9.59 Å². The highest BCUT2D eigenvalue weighted by Gasteiger charge is 2.21. The van der Waals surface area contributed by atoms with Gasteiger partial charge in [0.25, 0.3) is 0 Å². The molecule has 0 unspecified atom stereocenters. The SMILES string of the molecule is CCCCOC(=O)CN(CC(=O)OCCCC)c1ccc(Br)cc1OCOCC[Si](C)(C)C. The van der Waals surface area contributed by atoms with E-state index in [0.717, 1.165) is 36.2 Å². The molecule has 0 atom stereocenters. The maximum Gasteiger partial charge on any atom is 0.325 e. The maximum atomic E-state index is 12.4. The summed E-state index contributed by atoms with van der Waals surface area (Å²) < 4.78 is 23.0. The standard InChI is InChI=1S/C24H40BrNO6Si/c1-6-8-12-30-23(27)17-26(18-24(28)31-13-9-7-2)21-11-10-20(25)16-22(21)32-19-29-14-15-33(3,4)5/h10-11,16H,6-9,12-15,17-19H2,1-5H3. The van der Waals surface area contributed by atoms with E-state index < -0.39 is 20.0 Å². The molecular weight excluding hydrogens is 506 g/mol. The van der Waals surface area contributed by atoms with Gasteiger partial charge in [-0.05, 0) is 37.1 Å². The first-order valence-corrected chi connectivity index (χ1v) is 16.2. The number of hydrogen-bond acceptors (Lipinski definition) is 7. The van der Waals surface area contributed by atoms with E-state index in [2.05, 4.69) is 35.6 Å². The van der Waals surface area contributed by atoms with Gasteiger partial charge in [0.1, 0.15) is 18.8 Å². The number of carbonyl (C=O) groups excluding carboxylic acids is 2. The Balaban J connectivity index is 2.92. The summed E-state index contributed by atoms with van der Waals surface area (Å²) in [6, 6.07) is 6.49. The van der Waals surface area contributed by atoms with Crippen LogP contribution in [0, 0.1) is 0 Å². The van der Waals surface area contributed by atoms with Gasteiger partial charge in [0.05, 0.1) is 18.9 Å². The Morgan fingerprint density at radius 1 is 0.939 bits per heavy atom. The molecule has 0 amide bonds. The lowest BCUT2D eigenvalue weighted by Gasteiger charge is -2.25. The van der Waals surface area contributed by atoms with Crippen molar-refractivity contribution in [2.45, 2.75) is 65.2 Å². The number of rotatable bonds is 17. The molecule has 0 N–H and O–H groups in total. The summed E-state index contributed by atoms with van der Waals surface area (Å²) in [5.41, 5.74) is 0.604. The highest BCUT2D eigenvalue weighted by Crippen LogP contribution is 2.32. The monoisotopic (exact) mass is 545 g/mol. The molecule has 0 radical (unpaired) electrons. The normalized spacial score (nSPS) is 11.2. The molecule has 9 heteroatoms. The number of hydrogen-bond donors (Lipinski definition) is 0. The van der Waals surface area contributed by atoms with Crippen LogP contribution in [0.4, 0.5) is 5.69 Å². The van der Waals surface area contributed by atoms with Gasteiger partial charge in [-0.25, -0.2) is 0 Å². The van der Waals surface area contributed by atoms with E-state index in [0.29, 0.717) is 31.3 Å². The van der Waals surface area contributed by atoms with Gasteiger partial charge in [0.2, 0.25) is 0 Å². The molecule has 0 saturated carbocycles. The van der Waals surface area contributed by atoms with Gasteiger partial charge in [-0.2, -0.15) is 0 Å². The maximum absolute atomic E-state index is 12.4. The zero-order valence-electron chi connectivity index (χ0n) is 20.8. The van der Waals surface area contributed by atoms with Crippen molar-refractivity contribution in [2.75, 3.05) is 44.6 Å². The number of benzene rings is 1. The van der Waals surface area contributed by atoms with E-state index in [1.807, 2.05) is 19.9 Å². The Kier molecular flexibility index (Phi) is 14.4. The van der Waals surface area contributed by atoms with Crippen LogP contribution >= 0.6 is 15.9 Å². The molecule has 0 aliphatic heterocycles. The Morgan fingerprint density at radius 2 is 1.52 bits per heavy atom. The molecule has 0 aromatic heterocycles. The molecule has 0 aliphatic rings. The molecule has 0 heterocycles. The van der Waals surface area contributed by atoms with Crippen LogP contribution in [0.2, 0.25) is 25.7 Å². The molecule has 7 nitrogen and oxygen atoms in total. The van der Waals surface area contributed by atoms with Gasteiger partial charge in [0.15, 0.2) is 6.79 Å². The van der Waals surface area contributed by atoms with Crippen LogP contribution in [0.25, 0.3) is 0 Å². The van der Waals surface area contributed by atoms with Gasteiger partial charge < -0.3 is 23.8 Å². The average Bonchev–Trinajstić information content (AvgIpc) is 2.73. The lowest BCUT2D eigenvalue weighted by molar-refractivity contribution is -0.143. The third-order valence-electron chi connectivity index (χ3n) is 4.72. The molecule has 0 saturated heterocycles. The Hall–Kier alpha value is -1.58. The summed E-state index contributed by atoms with van der Waals surface area (Å²) in [5.74, 6) is -0.282. The van der Waals surface area contributed by atoms with Gasteiger partial charge in [-0.1, -0.05) is 62.3 Å². The van der Waals surface area contributed by atoms with Crippen LogP contribution in [0.5, 0.6) is 5.75 Å². The third kappa shape index (κ3) is 13.7. The lowest BCUT2D eigenvalue weighted by Crippen LogP contribution is -2.36. The van der Waals surface area contributed by atoms with E-state index in [9.17, 15) is 9.59 Å². The topological polar surface area (TPSA) is 74.3 Å². The number of unbranched alkanes of at least 4 members (excludes halogenated alkanes) is 2. The van der Waals surface area contributed by atoms with Gasteiger partial charge >= 0.3 is 11.9 Å². The molecule has 33 heavy (non-hydrogen) atoms. The summed E-state index contributed by atoms with van der Waals surface area (Å²) in [7, 11) is -1.19. The van der Waals surface area contributed by atoms with Crippen molar-refractivity contribution in [1.29, 1.82) is 0 Å². The molecule has 0 aliphatic carbocycles. The average molecular weight is 547 g/mol. The molecule has 1 aromatic rings. The van der Waals surface area contributed by atoms with Crippen molar-refractivity contribution < 1.29 is 28.5 Å². The quantitative estimate of drug-likeness (QED) is 0.108. The Morgan fingerprint density at radius 3 is 2.03 bits per heavy atom. The summed E-state index contributed by atoms with van der Waals surface area (Å²) in [6.45, 7) is 12.2. The predicted molar refractivity (Wildman–Crippen MR) is 138 cm³/mol. The number of halogens is 1. The van der Waals surface area contributed by atoms with Crippen LogP contribution in [0.3, 0.4) is 0 Å². The zero-order chi connectivity index (χ0) is 24.7. The minimum Gasteiger partial charge on any atom is -0.465 e. The minimum absolute atomic E-state index is 0.0823. The molecule has 0 fully saturated rings. The minimum atomic E-state index is -1.19. The Labute approximate surface area is 208 Å². The van der Waals surface area contributed by atoms with E-state index >= 15 is 0 Å². The smallest absolute Gasteiger partial charge is 0.325 e. The zero-order valence-corrected chi connectivity index (χ0v) is 23.4. The van der Waals surface area contributed by atoms with Gasteiger partial charge in [-0.15, -0.1) is 0 Å². The predicted octanol–water partition coefficient (Wildman–Crippen LogP) is 5.63. The van der Waals surface area contributed by atoms with Crippen LogP contribution in [-0.4, -0.2) is 59.7 Å². The number of anilines is 1. The fraction of sp³-hybridized carbons (Fsp3) is 0.667. The summed E-state index contributed by atoms with van der Waals surface area (Å²) in [6.07, 6.45) is 3.46. The highest BCUT2D eigenvalue weighted by atomic mass is 79.9. The molecule has 0 bridgehead atoms. The molecular formula is C24H40BrNO6Si. The highest BCUT2D eigenvalue weighted by molar-refractivity contribution is 9.10. The first-order valence-electron chi connectivity index (χ1n) is 11.7. The lowest BCUT2D eigenvalue weighted by atomic mass is 10.2. The van der Waals surface area contributed by atoms with E-state index in [-0.39, 0.29) is 19.9 Å². The molecule has 1 aromatic carbocycles. The molecule has 188 valence electrons. The summed E-state index contributed by atoms with van der Waals surface area (Å²) in [4.78, 5) is 26.5. The third-order valence-corrected chi connectivity index (χ3v) is 6.92.